The molecule has 8 nitrogen and oxygen atoms in total. The second-order valence-electron chi connectivity index (χ2n) is 19.9. The maximum Gasteiger partial charge on any atom is 0.472 e. The fraction of sp³-hybridized carbons (Fsp3) is 0.635. The molecule has 72 heavy (non-hydrogen) atoms. The van der Waals surface area contributed by atoms with Crippen LogP contribution in [0.5, 0.6) is 0 Å². The number of unbranched alkanes of at least 4 members (excludes halogenated alkanes) is 17. The molecule has 3 atom stereocenters. The quantitative estimate of drug-likeness (QED) is 0.0243. The summed E-state index contributed by atoms with van der Waals surface area (Å²) in [4.78, 5) is 23.2. The third-order valence-electron chi connectivity index (χ3n) is 11.9. The van der Waals surface area contributed by atoms with Gasteiger partial charge in [0, 0.05) is 6.42 Å². The first kappa shape index (κ1) is 68.6. The van der Waals surface area contributed by atoms with Crippen molar-refractivity contribution in [2.75, 3.05) is 40.9 Å². The number of aliphatic hydroxyl groups is 1. The first-order chi connectivity index (χ1) is 35.0. The number of carbonyl (C=O) groups excluding carboxylic acids is 1. The molecule has 0 aliphatic carbocycles. The molecule has 0 rings (SSSR count). The molecule has 0 saturated carbocycles. The van der Waals surface area contributed by atoms with Crippen LogP contribution in [0.1, 0.15) is 206 Å². The molecule has 3 N–H and O–H groups in total. The van der Waals surface area contributed by atoms with Crippen molar-refractivity contribution in [3.8, 4) is 0 Å². The summed E-state index contributed by atoms with van der Waals surface area (Å²) in [7, 11) is 1.54. The van der Waals surface area contributed by atoms with Crippen LogP contribution in [0, 0.1) is 0 Å². The van der Waals surface area contributed by atoms with Crippen molar-refractivity contribution in [3.63, 3.8) is 0 Å². The number of aliphatic hydroxyl groups excluding tert-OH is 1. The summed E-state index contributed by atoms with van der Waals surface area (Å²) >= 11 is 0. The molecule has 0 aromatic rings. The summed E-state index contributed by atoms with van der Waals surface area (Å²) in [5, 5.41) is 13.9. The van der Waals surface area contributed by atoms with E-state index in [-0.39, 0.29) is 19.1 Å². The molecule has 0 radical (unpaired) electrons. The zero-order valence-electron chi connectivity index (χ0n) is 46.6. The predicted molar refractivity (Wildman–Crippen MR) is 313 cm³/mol. The highest BCUT2D eigenvalue weighted by Crippen LogP contribution is 2.43. The van der Waals surface area contributed by atoms with Crippen molar-refractivity contribution in [2.24, 2.45) is 0 Å². The lowest BCUT2D eigenvalue weighted by atomic mass is 10.0. The molecule has 0 aromatic heterocycles. The molecule has 0 saturated heterocycles. The Morgan fingerprint density at radius 1 is 0.486 bits per heavy atom. The molecule has 0 spiro atoms. The average molecular weight is 1020 g/mol. The van der Waals surface area contributed by atoms with Gasteiger partial charge in [0.2, 0.25) is 5.91 Å². The molecule has 0 aliphatic heterocycles. The van der Waals surface area contributed by atoms with Crippen molar-refractivity contribution in [1.29, 1.82) is 0 Å². The molecule has 0 aromatic carbocycles. The van der Waals surface area contributed by atoms with Crippen molar-refractivity contribution in [3.05, 3.63) is 134 Å². The Bertz CT molecular complexity index is 1630. The summed E-state index contributed by atoms with van der Waals surface area (Å²) in [5.41, 5.74) is 0. The third-order valence-corrected chi connectivity index (χ3v) is 12.9. The second kappa shape index (κ2) is 52.5. The van der Waals surface area contributed by atoms with Gasteiger partial charge in [-0.15, -0.1) is 0 Å². The summed E-state index contributed by atoms with van der Waals surface area (Å²) in [6.07, 6.45) is 79.8. The Morgan fingerprint density at radius 3 is 1.22 bits per heavy atom. The van der Waals surface area contributed by atoms with E-state index in [0.29, 0.717) is 17.4 Å². The molecular weight excluding hydrogens is 912 g/mol. The SMILES string of the molecule is CC/C=C\C/C=C\C/C=C\C/C=C\C/C=C\C/C=C\C/C=C\C/C=C\C/C=C\C/C=C\CCCCCCCCC(=O)NC(COP(=O)(O)OCC[N+](C)(C)C)C(O)/C=C/CCCCCCCCCCCCC. The number of nitrogens with one attached hydrogen (secondary N) is 1. The Morgan fingerprint density at radius 2 is 0.833 bits per heavy atom. The number of phosphoric acid groups is 1. The van der Waals surface area contributed by atoms with Gasteiger partial charge in [0.15, 0.2) is 0 Å². The van der Waals surface area contributed by atoms with Crippen LogP contribution in [-0.4, -0.2) is 73.4 Å². The van der Waals surface area contributed by atoms with E-state index in [4.69, 9.17) is 9.05 Å². The van der Waals surface area contributed by atoms with Crippen molar-refractivity contribution in [1.82, 2.24) is 5.32 Å². The Kier molecular flexibility index (Phi) is 50.1. The first-order valence-corrected chi connectivity index (χ1v) is 30.1. The Balaban J connectivity index is 4.20. The van der Waals surface area contributed by atoms with Gasteiger partial charge >= 0.3 is 7.82 Å². The third kappa shape index (κ3) is 54.4. The van der Waals surface area contributed by atoms with Gasteiger partial charge in [-0.05, 0) is 96.3 Å². The van der Waals surface area contributed by atoms with E-state index in [9.17, 15) is 19.4 Å². The minimum Gasteiger partial charge on any atom is -0.387 e. The number of allylic oxidation sites excluding steroid dienone is 21. The predicted octanol–water partition coefficient (Wildman–Crippen LogP) is 17.5. The van der Waals surface area contributed by atoms with E-state index < -0.39 is 20.0 Å². The highest BCUT2D eigenvalue weighted by Gasteiger charge is 2.27. The molecule has 0 heterocycles. The van der Waals surface area contributed by atoms with E-state index >= 15 is 0 Å². The molecule has 3 unspecified atom stereocenters. The van der Waals surface area contributed by atoms with Gasteiger partial charge < -0.3 is 19.8 Å². The Labute approximate surface area is 443 Å². The van der Waals surface area contributed by atoms with E-state index in [1.807, 2.05) is 27.2 Å². The molecule has 1 amide bonds. The minimum absolute atomic E-state index is 0.0514. The highest BCUT2D eigenvalue weighted by molar-refractivity contribution is 7.47. The molecule has 410 valence electrons. The number of phosphoric ester groups is 1. The number of hydrogen-bond acceptors (Lipinski definition) is 5. The van der Waals surface area contributed by atoms with Gasteiger partial charge in [-0.2, -0.15) is 0 Å². The number of nitrogens with zero attached hydrogens (tertiary/aromatic N) is 1. The summed E-state index contributed by atoms with van der Waals surface area (Å²) < 4.78 is 23.6. The minimum atomic E-state index is -4.36. The second-order valence-corrected chi connectivity index (χ2v) is 21.4. The molecule has 0 aliphatic rings. The van der Waals surface area contributed by atoms with Gasteiger partial charge in [0.05, 0.1) is 39.9 Å². The molecule has 9 heteroatoms. The smallest absolute Gasteiger partial charge is 0.387 e. The zero-order valence-corrected chi connectivity index (χ0v) is 47.5. The van der Waals surface area contributed by atoms with E-state index in [1.54, 1.807) is 6.08 Å². The van der Waals surface area contributed by atoms with Crippen LogP contribution < -0.4 is 5.32 Å². The van der Waals surface area contributed by atoms with Gasteiger partial charge in [-0.3, -0.25) is 13.8 Å². The lowest BCUT2D eigenvalue weighted by Gasteiger charge is -2.25. The fourth-order valence-corrected chi connectivity index (χ4v) is 8.16. The van der Waals surface area contributed by atoms with E-state index in [2.05, 4.69) is 141 Å². The number of rotatable bonds is 50. The lowest BCUT2D eigenvalue weighted by molar-refractivity contribution is -0.870. The van der Waals surface area contributed by atoms with Gasteiger partial charge in [0.1, 0.15) is 13.2 Å². The zero-order chi connectivity index (χ0) is 52.7. The van der Waals surface area contributed by atoms with Crippen LogP contribution in [0.3, 0.4) is 0 Å². The highest BCUT2D eigenvalue weighted by atomic mass is 31.2. The first-order valence-electron chi connectivity index (χ1n) is 28.6. The van der Waals surface area contributed by atoms with Crippen LogP contribution in [0.15, 0.2) is 134 Å². The standard InChI is InChI=1S/C63H107N2O6P/c1-6-8-10-12-14-16-18-20-21-22-23-24-25-26-27-28-29-30-31-32-33-34-35-36-37-38-39-40-41-42-43-45-47-49-51-53-55-57-63(67)64-61(60-71-72(68,69)70-59-58-65(3,4)5)62(66)56-54-52-50-48-46-44-19-17-15-13-11-9-7-2/h8,10,14,16,20-21,23-24,26-27,29-30,32-33,35-36,38-39,41-42,54,56,61-62,66H,6-7,9,11-13,15,17-19,22,25,28,31,34,37,40,43-53,55,57-60H2,1-5H3,(H-,64,67,68,69)/p+1/b10-8-,16-14-,21-20-,24-23-,27-26-,30-29-,33-32-,36-35-,39-38-,42-41-,56-54+. The van der Waals surface area contributed by atoms with Crippen molar-refractivity contribution < 1.29 is 32.9 Å². The topological polar surface area (TPSA) is 105 Å². The number of likely N-dealkylation sites (N-methyl/N-ethyl adjacent to an activating group) is 1. The van der Waals surface area contributed by atoms with Crippen molar-refractivity contribution in [2.45, 2.75) is 219 Å². The van der Waals surface area contributed by atoms with Gasteiger partial charge in [-0.1, -0.05) is 237 Å². The van der Waals surface area contributed by atoms with Crippen molar-refractivity contribution >= 4 is 13.7 Å². The molecule has 0 fully saturated rings. The van der Waals surface area contributed by atoms with E-state index in [1.165, 1.54) is 64.2 Å². The summed E-state index contributed by atoms with van der Waals surface area (Å²) in [5.74, 6) is -0.198. The monoisotopic (exact) mass is 1020 g/mol. The van der Waals surface area contributed by atoms with Gasteiger partial charge in [0.25, 0.3) is 0 Å². The maximum absolute atomic E-state index is 12.9. The number of hydrogen-bond donors (Lipinski definition) is 3. The van der Waals surface area contributed by atoms with Crippen LogP contribution >= 0.6 is 7.82 Å². The molecule has 0 bridgehead atoms. The number of quaternary nitrogens is 1. The average Bonchev–Trinajstić information content (AvgIpc) is 3.34. The maximum atomic E-state index is 12.9. The van der Waals surface area contributed by atoms with Gasteiger partial charge in [-0.25, -0.2) is 4.57 Å². The normalized spacial score (nSPS) is 14.9. The lowest BCUT2D eigenvalue weighted by Crippen LogP contribution is -2.45. The van der Waals surface area contributed by atoms with Crippen LogP contribution in [0.4, 0.5) is 0 Å². The number of carbonyl (C=O) groups is 1. The van der Waals surface area contributed by atoms with E-state index in [0.717, 1.165) is 122 Å². The van der Waals surface area contributed by atoms with Crippen LogP contribution in [0.2, 0.25) is 0 Å². The summed E-state index contributed by atoms with van der Waals surface area (Å²) in [6.45, 7) is 4.66. The fourth-order valence-electron chi connectivity index (χ4n) is 7.42. The number of amides is 1. The van der Waals surface area contributed by atoms with Crippen LogP contribution in [0.25, 0.3) is 0 Å². The van der Waals surface area contributed by atoms with Crippen LogP contribution in [-0.2, 0) is 18.4 Å². The Hall–Kier alpha value is -3.36. The summed E-state index contributed by atoms with van der Waals surface area (Å²) in [6, 6.07) is -0.863. The molecular formula is C63H108N2O6P+. The largest absolute Gasteiger partial charge is 0.472 e.